The van der Waals surface area contributed by atoms with E-state index in [0.717, 1.165) is 19.4 Å². The second-order valence-corrected chi connectivity index (χ2v) is 3.02. The summed E-state index contributed by atoms with van der Waals surface area (Å²) >= 11 is 0. The van der Waals surface area contributed by atoms with Crippen molar-refractivity contribution in [3.05, 3.63) is 0 Å². The number of likely N-dealkylation sites (N-methyl/N-ethyl adjacent to an activating group) is 1. The number of hydrogen-bond donors (Lipinski definition) is 1. The molecular weight excluding hydrogens is 156 g/mol. The monoisotopic (exact) mass is 172 g/mol. The lowest BCUT2D eigenvalue weighted by atomic mass is 10.0. The number of amides is 1. The fraction of sp³-hybridized carbons (Fsp3) is 0.875. The van der Waals surface area contributed by atoms with Gasteiger partial charge in [0.15, 0.2) is 0 Å². The summed E-state index contributed by atoms with van der Waals surface area (Å²) in [4.78, 5) is 16.3. The minimum absolute atomic E-state index is 0.0252. The van der Waals surface area contributed by atoms with Crippen molar-refractivity contribution in [2.45, 2.75) is 25.3 Å². The summed E-state index contributed by atoms with van der Waals surface area (Å²) in [7, 11) is 3.14. The fourth-order valence-corrected chi connectivity index (χ4v) is 1.37. The Kier molecular flexibility index (Phi) is 3.49. The zero-order valence-electron chi connectivity index (χ0n) is 7.67. The van der Waals surface area contributed by atoms with E-state index in [1.807, 2.05) is 0 Å². The highest BCUT2D eigenvalue weighted by atomic mass is 16.7. The van der Waals surface area contributed by atoms with Crippen molar-refractivity contribution >= 4 is 5.91 Å². The third-order valence-electron chi connectivity index (χ3n) is 2.19. The van der Waals surface area contributed by atoms with Crippen LogP contribution in [0.5, 0.6) is 0 Å². The predicted octanol–water partition coefficient (Wildman–Crippen LogP) is 0.148. The van der Waals surface area contributed by atoms with Crippen LogP contribution in [0.25, 0.3) is 0 Å². The van der Waals surface area contributed by atoms with Crippen molar-refractivity contribution in [3.8, 4) is 0 Å². The van der Waals surface area contributed by atoms with Gasteiger partial charge in [0.2, 0.25) is 0 Å². The van der Waals surface area contributed by atoms with Gasteiger partial charge in [-0.25, -0.2) is 5.06 Å². The maximum Gasteiger partial charge on any atom is 0.262 e. The molecule has 0 aromatic rings. The topological polar surface area (TPSA) is 41.6 Å². The number of carbonyl (C=O) groups is 1. The van der Waals surface area contributed by atoms with Crippen molar-refractivity contribution in [1.29, 1.82) is 0 Å². The third kappa shape index (κ3) is 2.19. The maximum absolute atomic E-state index is 11.5. The van der Waals surface area contributed by atoms with E-state index in [1.165, 1.54) is 18.6 Å². The normalized spacial score (nSPS) is 23.7. The molecule has 1 heterocycles. The van der Waals surface area contributed by atoms with E-state index in [-0.39, 0.29) is 11.9 Å². The second-order valence-electron chi connectivity index (χ2n) is 3.02. The Bertz CT molecular complexity index is 155. The highest BCUT2D eigenvalue weighted by molar-refractivity contribution is 5.80. The third-order valence-corrected chi connectivity index (χ3v) is 2.19. The molecule has 0 unspecified atom stereocenters. The molecule has 4 heteroatoms. The van der Waals surface area contributed by atoms with Gasteiger partial charge in [-0.2, -0.15) is 0 Å². The summed E-state index contributed by atoms with van der Waals surface area (Å²) in [5.74, 6) is 0.0252. The molecule has 0 bridgehead atoms. The Morgan fingerprint density at radius 1 is 1.58 bits per heavy atom. The predicted molar refractivity (Wildman–Crippen MR) is 45.4 cm³/mol. The molecule has 0 saturated carbocycles. The summed E-state index contributed by atoms with van der Waals surface area (Å²) in [6.07, 6.45) is 3.22. The van der Waals surface area contributed by atoms with Crippen molar-refractivity contribution in [2.75, 3.05) is 20.7 Å². The minimum Gasteiger partial charge on any atom is -0.306 e. The quantitative estimate of drug-likeness (QED) is 0.603. The Morgan fingerprint density at radius 2 is 2.33 bits per heavy atom. The highest BCUT2D eigenvalue weighted by Gasteiger charge is 2.23. The number of nitrogens with zero attached hydrogens (tertiary/aromatic N) is 1. The van der Waals surface area contributed by atoms with Crippen molar-refractivity contribution in [1.82, 2.24) is 10.4 Å². The molecule has 1 rings (SSSR count). The molecule has 1 N–H and O–H groups in total. The van der Waals surface area contributed by atoms with Crippen LogP contribution in [-0.4, -0.2) is 37.7 Å². The Morgan fingerprint density at radius 3 is 2.83 bits per heavy atom. The zero-order chi connectivity index (χ0) is 8.97. The first-order chi connectivity index (χ1) is 5.75. The number of carbonyl (C=O) groups excluding carboxylic acids is 1. The van der Waals surface area contributed by atoms with Gasteiger partial charge in [0, 0.05) is 7.05 Å². The van der Waals surface area contributed by atoms with Gasteiger partial charge in [-0.05, 0) is 19.4 Å². The maximum atomic E-state index is 11.5. The Balaban J connectivity index is 2.39. The van der Waals surface area contributed by atoms with Gasteiger partial charge in [0.25, 0.3) is 5.91 Å². The van der Waals surface area contributed by atoms with E-state index >= 15 is 0 Å². The van der Waals surface area contributed by atoms with E-state index in [9.17, 15) is 4.79 Å². The molecule has 0 spiro atoms. The molecule has 1 saturated heterocycles. The highest BCUT2D eigenvalue weighted by Crippen LogP contribution is 2.08. The van der Waals surface area contributed by atoms with E-state index < -0.39 is 0 Å². The molecule has 1 aliphatic rings. The second kappa shape index (κ2) is 4.42. The summed E-state index contributed by atoms with van der Waals surface area (Å²) in [6, 6.07) is -0.0382. The largest absolute Gasteiger partial charge is 0.306 e. The van der Waals surface area contributed by atoms with E-state index in [1.54, 1.807) is 7.05 Å². The van der Waals surface area contributed by atoms with Gasteiger partial charge in [0.05, 0.1) is 13.2 Å². The molecule has 0 aromatic heterocycles. The standard InChI is InChI=1S/C8H16N2O2/c1-10(12-2)8(11)7-5-3-4-6-9-7/h7,9H,3-6H2,1-2H3/t7-/m0/s1. The lowest BCUT2D eigenvalue weighted by Gasteiger charge is -2.25. The first kappa shape index (κ1) is 9.48. The summed E-state index contributed by atoms with van der Waals surface area (Å²) < 4.78 is 0. The summed E-state index contributed by atoms with van der Waals surface area (Å²) in [5, 5.41) is 4.44. The van der Waals surface area contributed by atoms with Gasteiger partial charge in [-0.15, -0.1) is 0 Å². The van der Waals surface area contributed by atoms with Crippen LogP contribution in [0, 0.1) is 0 Å². The first-order valence-corrected chi connectivity index (χ1v) is 4.30. The molecule has 70 valence electrons. The van der Waals surface area contributed by atoms with Crippen LogP contribution in [0.3, 0.4) is 0 Å². The lowest BCUT2D eigenvalue weighted by Crippen LogP contribution is -2.46. The first-order valence-electron chi connectivity index (χ1n) is 4.30. The number of nitrogens with one attached hydrogen (secondary N) is 1. The Hall–Kier alpha value is -0.610. The molecule has 1 aliphatic heterocycles. The minimum atomic E-state index is -0.0382. The lowest BCUT2D eigenvalue weighted by molar-refractivity contribution is -0.171. The van der Waals surface area contributed by atoms with Crippen LogP contribution in [-0.2, 0) is 9.63 Å². The van der Waals surface area contributed by atoms with Crippen LogP contribution in [0.2, 0.25) is 0 Å². The van der Waals surface area contributed by atoms with Gasteiger partial charge in [0.1, 0.15) is 0 Å². The number of hydrogen-bond acceptors (Lipinski definition) is 3. The van der Waals surface area contributed by atoms with Crippen LogP contribution < -0.4 is 5.32 Å². The summed E-state index contributed by atoms with van der Waals surface area (Å²) in [5.41, 5.74) is 0. The summed E-state index contributed by atoms with van der Waals surface area (Å²) in [6.45, 7) is 0.938. The van der Waals surface area contributed by atoms with Crippen molar-refractivity contribution in [2.24, 2.45) is 0 Å². The van der Waals surface area contributed by atoms with Crippen LogP contribution in [0.1, 0.15) is 19.3 Å². The molecule has 4 nitrogen and oxygen atoms in total. The van der Waals surface area contributed by atoms with Crippen LogP contribution in [0.4, 0.5) is 0 Å². The van der Waals surface area contributed by atoms with E-state index in [4.69, 9.17) is 4.84 Å². The van der Waals surface area contributed by atoms with Gasteiger partial charge in [-0.1, -0.05) is 6.42 Å². The molecule has 0 aliphatic carbocycles. The SMILES string of the molecule is CON(C)C(=O)[C@@H]1CCCCN1. The fourth-order valence-electron chi connectivity index (χ4n) is 1.37. The van der Waals surface area contributed by atoms with Gasteiger partial charge in [-0.3, -0.25) is 9.63 Å². The van der Waals surface area contributed by atoms with E-state index in [0.29, 0.717) is 0 Å². The number of rotatable bonds is 2. The zero-order valence-corrected chi connectivity index (χ0v) is 7.67. The molecular formula is C8H16N2O2. The Labute approximate surface area is 72.8 Å². The molecule has 0 aromatic carbocycles. The average molecular weight is 172 g/mol. The molecule has 0 radical (unpaired) electrons. The molecule has 12 heavy (non-hydrogen) atoms. The van der Waals surface area contributed by atoms with Crippen molar-refractivity contribution in [3.63, 3.8) is 0 Å². The molecule has 1 fully saturated rings. The number of piperidine rings is 1. The van der Waals surface area contributed by atoms with E-state index in [2.05, 4.69) is 5.32 Å². The molecule has 1 amide bonds. The average Bonchev–Trinajstić information content (AvgIpc) is 2.17. The number of hydroxylamine groups is 2. The van der Waals surface area contributed by atoms with Gasteiger partial charge < -0.3 is 5.32 Å². The molecule has 1 atom stereocenters. The van der Waals surface area contributed by atoms with Crippen LogP contribution in [0.15, 0.2) is 0 Å². The smallest absolute Gasteiger partial charge is 0.262 e. The van der Waals surface area contributed by atoms with Crippen molar-refractivity contribution < 1.29 is 9.63 Å². The van der Waals surface area contributed by atoms with Crippen LogP contribution >= 0.6 is 0 Å². The van der Waals surface area contributed by atoms with Gasteiger partial charge >= 0.3 is 0 Å².